The van der Waals surface area contributed by atoms with Crippen molar-refractivity contribution in [2.24, 2.45) is 0 Å². The Hall–Kier alpha value is -8.56. The van der Waals surface area contributed by atoms with Crippen molar-refractivity contribution in [3.8, 4) is 58.1 Å². The van der Waals surface area contributed by atoms with Gasteiger partial charge < -0.3 is 38.2 Å². The molecule has 1 atom stereocenters. The summed E-state index contributed by atoms with van der Waals surface area (Å²) in [6, 6.07) is 38.9. The van der Waals surface area contributed by atoms with Crippen molar-refractivity contribution in [2.75, 3.05) is 34.0 Å². The number of hydrogen-bond donors (Lipinski definition) is 0. The van der Waals surface area contributed by atoms with E-state index in [4.69, 9.17) is 48.0 Å². The number of benzene rings is 6. The summed E-state index contributed by atoms with van der Waals surface area (Å²) in [5.41, 5.74) is 5.22. The number of carbonyl (C=O) groups is 2. The van der Waals surface area contributed by atoms with Gasteiger partial charge in [-0.1, -0.05) is 59.7 Å². The molecule has 8 rings (SSSR count). The van der Waals surface area contributed by atoms with Crippen LogP contribution >= 0.6 is 0 Å². The molecule has 67 heavy (non-hydrogen) atoms. The molecule has 14 nitrogen and oxygen atoms in total. The lowest BCUT2D eigenvalue weighted by Gasteiger charge is -2.21. The van der Waals surface area contributed by atoms with Crippen molar-refractivity contribution in [2.45, 2.75) is 25.9 Å². The molecule has 0 saturated carbocycles. The molecule has 0 fully saturated rings. The number of nitriles is 2. The minimum atomic E-state index is -0.893. The monoisotopic (exact) mass is 898 g/mol. The molecule has 1 unspecified atom stereocenters. The highest BCUT2D eigenvalue weighted by molar-refractivity contribution is 5.99. The van der Waals surface area contributed by atoms with E-state index in [0.29, 0.717) is 51.0 Å². The van der Waals surface area contributed by atoms with Crippen LogP contribution in [0.25, 0.3) is 12.2 Å². The number of ether oxygens (including phenoxy) is 6. The summed E-state index contributed by atoms with van der Waals surface area (Å²) in [5.74, 6) is 1.41. The van der Waals surface area contributed by atoms with Crippen LogP contribution in [0.4, 0.5) is 0 Å². The molecule has 0 saturated heterocycles. The summed E-state index contributed by atoms with van der Waals surface area (Å²) in [6.45, 7) is 4.46. The molecule has 14 heteroatoms. The Morgan fingerprint density at radius 1 is 0.627 bits per heavy atom. The van der Waals surface area contributed by atoms with E-state index in [0.717, 1.165) is 22.3 Å². The molecule has 0 aliphatic carbocycles. The summed E-state index contributed by atoms with van der Waals surface area (Å²) >= 11 is 0. The molecular formula is C53H42N2O12. The Labute approximate surface area is 386 Å². The van der Waals surface area contributed by atoms with Gasteiger partial charge in [0.25, 0.3) is 0 Å². The zero-order valence-corrected chi connectivity index (χ0v) is 36.8. The van der Waals surface area contributed by atoms with Crippen LogP contribution in [0.15, 0.2) is 132 Å². The minimum Gasteiger partial charge on any atom is -0.493 e. The second-order valence-electron chi connectivity index (χ2n) is 15.6. The van der Waals surface area contributed by atoms with Crippen molar-refractivity contribution < 1.29 is 57.6 Å². The van der Waals surface area contributed by atoms with Gasteiger partial charge in [0.2, 0.25) is 5.75 Å². The SMILES string of the molecule is COc1cc(C=C(C#N)COOc2ccc3c(c2)C2(CO3)COc3ccc(OC(=O)C(C#N)=Cc4ccc(OC(=O)c5ccc(C)cc5)c(OC)c4)cc32)ccc1OOCc1ccc(C)cc1. The van der Waals surface area contributed by atoms with E-state index in [1.807, 2.05) is 44.2 Å². The average Bonchev–Trinajstić information content (AvgIpc) is 3.91. The van der Waals surface area contributed by atoms with Crippen LogP contribution in [0.1, 0.15) is 49.3 Å². The maximum absolute atomic E-state index is 13.4. The molecule has 0 bridgehead atoms. The van der Waals surface area contributed by atoms with Gasteiger partial charge >= 0.3 is 11.9 Å². The summed E-state index contributed by atoms with van der Waals surface area (Å²) in [5, 5.41) is 19.9. The summed E-state index contributed by atoms with van der Waals surface area (Å²) in [6.07, 6.45) is 2.99. The molecular weight excluding hydrogens is 857 g/mol. The van der Waals surface area contributed by atoms with E-state index in [1.54, 1.807) is 91.0 Å². The first-order valence-electron chi connectivity index (χ1n) is 20.9. The maximum atomic E-state index is 13.4. The van der Waals surface area contributed by atoms with Gasteiger partial charge in [0.15, 0.2) is 23.0 Å². The van der Waals surface area contributed by atoms with Crippen molar-refractivity contribution in [3.63, 3.8) is 0 Å². The lowest BCUT2D eigenvalue weighted by Crippen LogP contribution is -2.31. The summed E-state index contributed by atoms with van der Waals surface area (Å²) in [7, 11) is 2.92. The molecule has 1 spiro atoms. The summed E-state index contributed by atoms with van der Waals surface area (Å²) in [4.78, 5) is 48.3. The molecule has 2 heterocycles. The topological polar surface area (TPSA) is 174 Å². The second-order valence-corrected chi connectivity index (χ2v) is 15.6. The molecule has 0 radical (unpaired) electrons. The Morgan fingerprint density at radius 3 is 1.87 bits per heavy atom. The quantitative estimate of drug-likeness (QED) is 0.0224. The molecule has 336 valence electrons. The van der Waals surface area contributed by atoms with Gasteiger partial charge in [0, 0.05) is 11.1 Å². The number of nitrogens with zero attached hydrogens (tertiary/aromatic N) is 2. The molecule has 0 aromatic heterocycles. The van der Waals surface area contributed by atoms with Gasteiger partial charge in [-0.05, 0) is 115 Å². The smallest absolute Gasteiger partial charge is 0.354 e. The molecule has 6 aromatic carbocycles. The molecule has 6 aromatic rings. The van der Waals surface area contributed by atoms with Crippen molar-refractivity contribution in [1.29, 1.82) is 10.5 Å². The van der Waals surface area contributed by atoms with Gasteiger partial charge in [0.05, 0.1) is 36.8 Å². The highest BCUT2D eigenvalue weighted by atomic mass is 17.2. The molecule has 2 aliphatic heterocycles. The Morgan fingerprint density at radius 2 is 1.22 bits per heavy atom. The number of rotatable bonds is 16. The fraction of sp³-hybridized carbons (Fsp3) is 0.170. The fourth-order valence-electron chi connectivity index (χ4n) is 7.36. The van der Waals surface area contributed by atoms with Crippen LogP contribution in [0.5, 0.6) is 46.0 Å². The molecule has 0 amide bonds. The van der Waals surface area contributed by atoms with Gasteiger partial charge in [-0.25, -0.2) is 9.59 Å². The number of hydrogen-bond acceptors (Lipinski definition) is 14. The first kappa shape index (κ1) is 45.0. The first-order chi connectivity index (χ1) is 32.6. The van der Waals surface area contributed by atoms with E-state index in [1.165, 1.54) is 32.4 Å². The number of carbonyl (C=O) groups excluding carboxylic acids is 2. The lowest BCUT2D eigenvalue weighted by atomic mass is 9.78. The zero-order chi connectivity index (χ0) is 46.9. The summed E-state index contributed by atoms with van der Waals surface area (Å²) < 4.78 is 34.5. The Kier molecular flexibility index (Phi) is 13.5. The predicted octanol–water partition coefficient (Wildman–Crippen LogP) is 9.55. The third-order valence-corrected chi connectivity index (χ3v) is 11.0. The van der Waals surface area contributed by atoms with E-state index < -0.39 is 17.4 Å². The average molecular weight is 899 g/mol. The number of esters is 2. The zero-order valence-electron chi connectivity index (χ0n) is 36.8. The van der Waals surface area contributed by atoms with Crippen LogP contribution in [0.3, 0.4) is 0 Å². The van der Waals surface area contributed by atoms with Crippen LogP contribution in [0, 0.1) is 36.5 Å². The van der Waals surface area contributed by atoms with E-state index in [9.17, 15) is 20.1 Å². The predicted molar refractivity (Wildman–Crippen MR) is 243 cm³/mol. The maximum Gasteiger partial charge on any atom is 0.354 e. The van der Waals surface area contributed by atoms with Crippen molar-refractivity contribution >= 4 is 24.1 Å². The third-order valence-electron chi connectivity index (χ3n) is 11.0. The Bertz CT molecular complexity index is 2980. The van der Waals surface area contributed by atoms with E-state index in [-0.39, 0.29) is 54.8 Å². The van der Waals surface area contributed by atoms with Crippen LogP contribution < -0.4 is 38.2 Å². The Balaban J connectivity index is 0.908. The number of fused-ring (bicyclic) bond motifs is 4. The van der Waals surface area contributed by atoms with Crippen molar-refractivity contribution in [3.05, 3.63) is 177 Å². The largest absolute Gasteiger partial charge is 0.493 e. The standard InChI is InChI=1S/C53H42N2O12/c1-33-5-9-35(10-6-33)29-63-67-48-18-12-36(23-50(48)59-4)21-38(27-54)30-62-66-42-16-20-46-44(26-42)53(32-61-46)31-60-45-19-15-41(25-43(45)53)64-52(57)40(28-55)22-37-11-17-47(49(24-37)58-3)65-51(56)39-13-7-34(2)8-14-39/h5-26H,29-32H2,1-4H3. The van der Waals surface area contributed by atoms with E-state index >= 15 is 0 Å². The van der Waals surface area contributed by atoms with Crippen LogP contribution in [0.2, 0.25) is 0 Å². The van der Waals surface area contributed by atoms with Crippen LogP contribution in [-0.4, -0.2) is 46.0 Å². The fourth-order valence-corrected chi connectivity index (χ4v) is 7.36. The lowest BCUT2D eigenvalue weighted by molar-refractivity contribution is -0.218. The first-order valence-corrected chi connectivity index (χ1v) is 20.9. The molecule has 2 aliphatic rings. The molecule has 0 N–H and O–H groups in total. The van der Waals surface area contributed by atoms with Gasteiger partial charge in [0.1, 0.15) is 55.3 Å². The highest BCUT2D eigenvalue weighted by Crippen LogP contribution is 2.52. The van der Waals surface area contributed by atoms with Gasteiger partial charge in [-0.2, -0.15) is 20.3 Å². The normalized spacial score (nSPS) is 14.7. The number of methoxy groups -OCH3 is 2. The highest BCUT2D eigenvalue weighted by Gasteiger charge is 2.49. The van der Waals surface area contributed by atoms with Crippen molar-refractivity contribution in [1.82, 2.24) is 0 Å². The van der Waals surface area contributed by atoms with Crippen LogP contribution in [-0.2, 0) is 26.6 Å². The van der Waals surface area contributed by atoms with Gasteiger partial charge in [-0.15, -0.1) is 0 Å². The van der Waals surface area contributed by atoms with E-state index in [2.05, 4.69) is 6.07 Å². The minimum absolute atomic E-state index is 0.165. The second kappa shape index (κ2) is 20.1. The number of aryl methyl sites for hydroxylation is 2. The third kappa shape index (κ3) is 10.2. The van der Waals surface area contributed by atoms with Gasteiger partial charge in [-0.3, -0.25) is 0 Å².